The highest BCUT2D eigenvalue weighted by Gasteiger charge is 2.20. The van der Waals surface area contributed by atoms with Gasteiger partial charge >= 0.3 is 0 Å². The second kappa shape index (κ2) is 3.50. The summed E-state index contributed by atoms with van der Waals surface area (Å²) in [5.41, 5.74) is 1.32. The summed E-state index contributed by atoms with van der Waals surface area (Å²) >= 11 is 5.30. The molecule has 2 N–H and O–H groups in total. The average molecular weight is 215 g/mol. The number of aromatic hydroxyl groups is 2. The fourth-order valence-corrected chi connectivity index (χ4v) is 1.59. The third-order valence-corrected chi connectivity index (χ3v) is 2.63. The van der Waals surface area contributed by atoms with E-state index < -0.39 is 5.24 Å². The molecule has 0 aromatic heterocycles. The van der Waals surface area contributed by atoms with Crippen molar-refractivity contribution in [3.05, 3.63) is 22.3 Å². The summed E-state index contributed by atoms with van der Waals surface area (Å²) in [6.45, 7) is 4.82. The minimum atomic E-state index is -0.765. The second-order valence-electron chi connectivity index (χ2n) is 3.22. The van der Waals surface area contributed by atoms with Gasteiger partial charge in [-0.3, -0.25) is 4.79 Å². The van der Waals surface area contributed by atoms with Crippen molar-refractivity contribution in [1.29, 1.82) is 0 Å². The molecule has 1 aromatic rings. The molecule has 0 spiro atoms. The van der Waals surface area contributed by atoms with E-state index >= 15 is 0 Å². The lowest BCUT2D eigenvalue weighted by Crippen LogP contribution is -1.99. The van der Waals surface area contributed by atoms with Gasteiger partial charge in [-0.05, 0) is 43.5 Å². The molecule has 0 aliphatic heterocycles. The Bertz CT molecular complexity index is 381. The summed E-state index contributed by atoms with van der Waals surface area (Å²) in [5, 5.41) is 18.5. The van der Waals surface area contributed by atoms with Gasteiger partial charge < -0.3 is 10.2 Å². The number of carbonyl (C=O) groups excluding carboxylic acids is 1. The average Bonchev–Trinajstić information content (AvgIpc) is 2.11. The zero-order valence-electron chi connectivity index (χ0n) is 8.18. The third kappa shape index (κ3) is 1.44. The topological polar surface area (TPSA) is 57.5 Å². The van der Waals surface area contributed by atoms with Crippen molar-refractivity contribution in [1.82, 2.24) is 0 Å². The van der Waals surface area contributed by atoms with E-state index in [1.807, 2.05) is 0 Å². The fourth-order valence-electron chi connectivity index (χ4n) is 1.36. The van der Waals surface area contributed by atoms with Gasteiger partial charge in [-0.1, -0.05) is 0 Å². The van der Waals surface area contributed by atoms with Gasteiger partial charge in [-0.25, -0.2) is 0 Å². The largest absolute Gasteiger partial charge is 0.507 e. The number of phenols is 2. The Balaban J connectivity index is 3.68. The highest BCUT2D eigenvalue weighted by molar-refractivity contribution is 6.68. The Morgan fingerprint density at radius 3 is 1.86 bits per heavy atom. The van der Waals surface area contributed by atoms with E-state index in [0.29, 0.717) is 16.7 Å². The molecule has 14 heavy (non-hydrogen) atoms. The van der Waals surface area contributed by atoms with Crippen molar-refractivity contribution >= 4 is 16.8 Å². The minimum Gasteiger partial charge on any atom is -0.507 e. The first-order chi connectivity index (χ1) is 6.37. The van der Waals surface area contributed by atoms with Gasteiger partial charge in [-0.2, -0.15) is 0 Å². The summed E-state index contributed by atoms with van der Waals surface area (Å²) in [6, 6.07) is 0. The normalized spacial score (nSPS) is 10.3. The van der Waals surface area contributed by atoms with E-state index in [1.54, 1.807) is 13.8 Å². The number of hydrogen-bond acceptors (Lipinski definition) is 3. The molecule has 3 nitrogen and oxygen atoms in total. The van der Waals surface area contributed by atoms with Crippen LogP contribution in [0.1, 0.15) is 27.0 Å². The number of carbonyl (C=O) groups is 1. The first-order valence-electron chi connectivity index (χ1n) is 4.09. The van der Waals surface area contributed by atoms with Crippen molar-refractivity contribution in [2.45, 2.75) is 20.8 Å². The Morgan fingerprint density at radius 1 is 1.00 bits per heavy atom. The molecule has 0 amide bonds. The second-order valence-corrected chi connectivity index (χ2v) is 3.56. The molecule has 1 rings (SSSR count). The van der Waals surface area contributed by atoms with Gasteiger partial charge in [0.05, 0.1) is 5.56 Å². The third-order valence-electron chi connectivity index (χ3n) is 2.44. The quantitative estimate of drug-likeness (QED) is 0.558. The Morgan fingerprint density at radius 2 is 1.43 bits per heavy atom. The molecule has 0 heterocycles. The molecule has 76 valence electrons. The number of benzene rings is 1. The highest BCUT2D eigenvalue weighted by Crippen LogP contribution is 2.36. The summed E-state index contributed by atoms with van der Waals surface area (Å²) < 4.78 is 0. The molecule has 4 heteroatoms. The van der Waals surface area contributed by atoms with E-state index in [1.165, 1.54) is 6.92 Å². The van der Waals surface area contributed by atoms with Crippen LogP contribution in [0.2, 0.25) is 0 Å². The smallest absolute Gasteiger partial charge is 0.256 e. The van der Waals surface area contributed by atoms with Crippen LogP contribution in [-0.4, -0.2) is 15.5 Å². The van der Waals surface area contributed by atoms with Gasteiger partial charge in [0.15, 0.2) is 0 Å². The van der Waals surface area contributed by atoms with Crippen LogP contribution >= 0.6 is 11.6 Å². The van der Waals surface area contributed by atoms with Gasteiger partial charge in [0.2, 0.25) is 0 Å². The van der Waals surface area contributed by atoms with Crippen molar-refractivity contribution in [3.8, 4) is 11.5 Å². The van der Waals surface area contributed by atoms with Crippen LogP contribution in [0.5, 0.6) is 11.5 Å². The predicted molar refractivity (Wildman–Crippen MR) is 54.2 cm³/mol. The van der Waals surface area contributed by atoms with Gasteiger partial charge in [0.1, 0.15) is 11.5 Å². The molecule has 0 fully saturated rings. The predicted octanol–water partition coefficient (Wildman–Crippen LogP) is 2.40. The lowest BCUT2D eigenvalue weighted by molar-refractivity contribution is 0.107. The van der Waals surface area contributed by atoms with Crippen LogP contribution < -0.4 is 0 Å². The lowest BCUT2D eigenvalue weighted by atomic mass is 9.98. The van der Waals surface area contributed by atoms with Crippen molar-refractivity contribution in [2.75, 3.05) is 0 Å². The van der Waals surface area contributed by atoms with Crippen LogP contribution in [0.3, 0.4) is 0 Å². The van der Waals surface area contributed by atoms with E-state index in [4.69, 9.17) is 11.6 Å². The maximum Gasteiger partial charge on any atom is 0.256 e. The molecular weight excluding hydrogens is 204 g/mol. The Hall–Kier alpha value is -1.22. The summed E-state index contributed by atoms with van der Waals surface area (Å²) in [7, 11) is 0. The standard InChI is InChI=1S/C10H11ClO3/c1-4-5(2)9(13)7(10(11)14)6(3)8(4)12/h12-13H,1-3H3. The molecule has 0 saturated carbocycles. The molecule has 0 unspecified atom stereocenters. The van der Waals surface area contributed by atoms with Gasteiger partial charge in [-0.15, -0.1) is 0 Å². The molecule has 0 radical (unpaired) electrons. The summed E-state index contributed by atoms with van der Waals surface area (Å²) in [5.74, 6) is -0.151. The van der Waals surface area contributed by atoms with Gasteiger partial charge in [0.25, 0.3) is 5.24 Å². The highest BCUT2D eigenvalue weighted by atomic mass is 35.5. The molecule has 0 aliphatic rings. The first-order valence-corrected chi connectivity index (χ1v) is 4.47. The van der Waals surface area contributed by atoms with E-state index in [9.17, 15) is 15.0 Å². The molecule has 0 saturated heterocycles. The SMILES string of the molecule is Cc1c(C)c(O)c(C(=O)Cl)c(C)c1O. The van der Waals surface area contributed by atoms with Crippen molar-refractivity contribution in [3.63, 3.8) is 0 Å². The minimum absolute atomic E-state index is 0.00398. The zero-order chi connectivity index (χ0) is 11.0. The maximum atomic E-state index is 11.0. The molecule has 0 bridgehead atoms. The van der Waals surface area contributed by atoms with Crippen LogP contribution in [0.25, 0.3) is 0 Å². The van der Waals surface area contributed by atoms with Crippen molar-refractivity contribution < 1.29 is 15.0 Å². The maximum absolute atomic E-state index is 11.0. The molecule has 1 aromatic carbocycles. The number of rotatable bonds is 1. The van der Waals surface area contributed by atoms with E-state index in [0.717, 1.165) is 0 Å². The van der Waals surface area contributed by atoms with E-state index in [2.05, 4.69) is 0 Å². The van der Waals surface area contributed by atoms with Crippen LogP contribution in [0.4, 0.5) is 0 Å². The van der Waals surface area contributed by atoms with Gasteiger partial charge in [0, 0.05) is 5.56 Å². The van der Waals surface area contributed by atoms with Crippen LogP contribution in [0.15, 0.2) is 0 Å². The number of halogens is 1. The first kappa shape index (κ1) is 10.9. The summed E-state index contributed by atoms with van der Waals surface area (Å²) in [6.07, 6.45) is 0. The lowest BCUT2D eigenvalue weighted by Gasteiger charge is -2.12. The zero-order valence-corrected chi connectivity index (χ0v) is 8.94. The Labute approximate surface area is 86.9 Å². The van der Waals surface area contributed by atoms with E-state index in [-0.39, 0.29) is 17.1 Å². The van der Waals surface area contributed by atoms with Crippen LogP contribution in [-0.2, 0) is 0 Å². The number of hydrogen-bond donors (Lipinski definition) is 2. The van der Waals surface area contributed by atoms with Crippen molar-refractivity contribution in [2.24, 2.45) is 0 Å². The summed E-state index contributed by atoms with van der Waals surface area (Å²) in [4.78, 5) is 11.0. The molecular formula is C10H11ClO3. The fraction of sp³-hybridized carbons (Fsp3) is 0.300. The number of phenolic OH excluding ortho intramolecular Hbond substituents is 2. The monoisotopic (exact) mass is 214 g/mol. The van der Waals surface area contributed by atoms with Crippen LogP contribution in [0, 0.1) is 20.8 Å². The molecule has 0 aliphatic carbocycles. The Kier molecular flexibility index (Phi) is 2.71. The molecule has 0 atom stereocenters.